The third kappa shape index (κ3) is 4.05. The summed E-state index contributed by atoms with van der Waals surface area (Å²) in [7, 11) is -3.82. The zero-order valence-corrected chi connectivity index (χ0v) is 13.0. The van der Waals surface area contributed by atoms with Crippen molar-refractivity contribution in [1.82, 2.24) is 4.72 Å². The predicted molar refractivity (Wildman–Crippen MR) is 81.2 cm³/mol. The van der Waals surface area contributed by atoms with Gasteiger partial charge in [0.05, 0.1) is 6.61 Å². The van der Waals surface area contributed by atoms with Gasteiger partial charge in [0.15, 0.2) is 0 Å². The van der Waals surface area contributed by atoms with Gasteiger partial charge in [0.2, 0.25) is 0 Å². The van der Waals surface area contributed by atoms with Crippen molar-refractivity contribution >= 4 is 27.3 Å². The van der Waals surface area contributed by atoms with Gasteiger partial charge in [-0.05, 0) is 36.1 Å². The first-order chi connectivity index (χ1) is 10.0. The molecule has 0 aliphatic rings. The monoisotopic (exact) mass is 325 g/mol. The molecule has 5 nitrogen and oxygen atoms in total. The fourth-order valence-electron chi connectivity index (χ4n) is 1.59. The van der Waals surface area contributed by atoms with Crippen molar-refractivity contribution in [3.8, 4) is 5.75 Å². The van der Waals surface area contributed by atoms with Crippen LogP contribution >= 0.6 is 11.3 Å². The second-order valence-electron chi connectivity index (χ2n) is 4.24. The standard InChI is InChI=1S/C14H15NO4S2/c1-2-8-19-12-6-3-5-11(10-12)14(16)15-21(17,18)13-7-4-9-20-13/h3-7,9-10H,2,8H2,1H3,(H,15,16). The Bertz CT molecular complexity index is 708. The number of thiophene rings is 1. The molecule has 0 unspecified atom stereocenters. The zero-order chi connectivity index (χ0) is 15.3. The van der Waals surface area contributed by atoms with E-state index >= 15 is 0 Å². The van der Waals surface area contributed by atoms with Gasteiger partial charge in [-0.3, -0.25) is 4.79 Å². The van der Waals surface area contributed by atoms with E-state index in [1.54, 1.807) is 23.6 Å². The summed E-state index contributed by atoms with van der Waals surface area (Å²) in [6.45, 7) is 2.52. The quantitative estimate of drug-likeness (QED) is 0.886. The topological polar surface area (TPSA) is 72.5 Å². The smallest absolute Gasteiger partial charge is 0.273 e. The Labute approximate surface area is 127 Å². The molecule has 7 heteroatoms. The lowest BCUT2D eigenvalue weighted by Crippen LogP contribution is -2.30. The fourth-order valence-corrected chi connectivity index (χ4v) is 3.56. The molecule has 0 aliphatic heterocycles. The normalized spacial score (nSPS) is 11.1. The third-order valence-electron chi connectivity index (χ3n) is 2.56. The highest BCUT2D eigenvalue weighted by molar-refractivity contribution is 7.92. The molecule has 1 amide bonds. The van der Waals surface area contributed by atoms with Gasteiger partial charge in [-0.25, -0.2) is 13.1 Å². The lowest BCUT2D eigenvalue weighted by atomic mass is 10.2. The Kier molecular flexibility index (Phi) is 4.98. The van der Waals surface area contributed by atoms with E-state index in [4.69, 9.17) is 4.74 Å². The van der Waals surface area contributed by atoms with Gasteiger partial charge < -0.3 is 4.74 Å². The number of benzene rings is 1. The van der Waals surface area contributed by atoms with Crippen LogP contribution in [0.25, 0.3) is 0 Å². The van der Waals surface area contributed by atoms with Crippen LogP contribution in [0.2, 0.25) is 0 Å². The van der Waals surface area contributed by atoms with Gasteiger partial charge in [-0.1, -0.05) is 19.1 Å². The summed E-state index contributed by atoms with van der Waals surface area (Å²) in [5.74, 6) is -0.136. The van der Waals surface area contributed by atoms with Crippen LogP contribution in [-0.4, -0.2) is 20.9 Å². The first-order valence-electron chi connectivity index (χ1n) is 6.36. The van der Waals surface area contributed by atoms with Gasteiger partial charge in [0.1, 0.15) is 9.96 Å². The largest absolute Gasteiger partial charge is 0.494 e. The van der Waals surface area contributed by atoms with E-state index in [0.29, 0.717) is 12.4 Å². The highest BCUT2D eigenvalue weighted by Crippen LogP contribution is 2.17. The van der Waals surface area contributed by atoms with E-state index in [1.807, 2.05) is 11.6 Å². The Morgan fingerprint density at radius 2 is 2.10 bits per heavy atom. The van der Waals surface area contributed by atoms with Crippen molar-refractivity contribution in [1.29, 1.82) is 0 Å². The van der Waals surface area contributed by atoms with Crippen molar-refractivity contribution in [3.63, 3.8) is 0 Å². The number of hydrogen-bond donors (Lipinski definition) is 1. The van der Waals surface area contributed by atoms with Crippen LogP contribution in [0.15, 0.2) is 46.0 Å². The minimum absolute atomic E-state index is 0.106. The number of rotatable bonds is 6. The fraction of sp³-hybridized carbons (Fsp3) is 0.214. The van der Waals surface area contributed by atoms with E-state index in [0.717, 1.165) is 17.8 Å². The van der Waals surface area contributed by atoms with Gasteiger partial charge in [0, 0.05) is 5.56 Å². The van der Waals surface area contributed by atoms with Crippen LogP contribution in [0.3, 0.4) is 0 Å². The van der Waals surface area contributed by atoms with Gasteiger partial charge in [0.25, 0.3) is 15.9 Å². The highest BCUT2D eigenvalue weighted by Gasteiger charge is 2.19. The lowest BCUT2D eigenvalue weighted by Gasteiger charge is -2.08. The number of carbonyl (C=O) groups is 1. The number of amides is 1. The average molecular weight is 325 g/mol. The third-order valence-corrected chi connectivity index (χ3v) is 5.28. The molecule has 0 spiro atoms. The lowest BCUT2D eigenvalue weighted by molar-refractivity contribution is 0.0981. The molecule has 2 aromatic rings. The summed E-state index contributed by atoms with van der Waals surface area (Å²) in [6.07, 6.45) is 0.850. The molecule has 112 valence electrons. The molecule has 1 N–H and O–H groups in total. The molecule has 0 atom stereocenters. The maximum Gasteiger partial charge on any atom is 0.273 e. The summed E-state index contributed by atoms with van der Waals surface area (Å²) in [5.41, 5.74) is 0.240. The summed E-state index contributed by atoms with van der Waals surface area (Å²) in [6, 6.07) is 9.49. The molecule has 0 aliphatic carbocycles. The molecule has 0 saturated carbocycles. The molecular weight excluding hydrogens is 310 g/mol. The summed E-state index contributed by atoms with van der Waals surface area (Å²) >= 11 is 1.05. The molecule has 0 fully saturated rings. The SMILES string of the molecule is CCCOc1cccc(C(=O)NS(=O)(=O)c2cccs2)c1. The van der Waals surface area contributed by atoms with Crippen LogP contribution in [-0.2, 0) is 10.0 Å². The minimum Gasteiger partial charge on any atom is -0.494 e. The van der Waals surface area contributed by atoms with E-state index in [1.165, 1.54) is 18.2 Å². The maximum atomic E-state index is 12.0. The highest BCUT2D eigenvalue weighted by atomic mass is 32.2. The first-order valence-corrected chi connectivity index (χ1v) is 8.72. The Hall–Kier alpha value is -1.86. The van der Waals surface area contributed by atoms with Gasteiger partial charge in [-0.15, -0.1) is 11.3 Å². The summed E-state index contributed by atoms with van der Waals surface area (Å²) < 4.78 is 31.5. The second kappa shape index (κ2) is 6.73. The predicted octanol–water partition coefficient (Wildman–Crippen LogP) is 2.66. The van der Waals surface area contributed by atoms with Crippen molar-refractivity contribution in [2.24, 2.45) is 0 Å². The molecule has 0 bridgehead atoms. The van der Waals surface area contributed by atoms with Crippen molar-refractivity contribution < 1.29 is 17.9 Å². The molecular formula is C14H15NO4S2. The minimum atomic E-state index is -3.82. The summed E-state index contributed by atoms with van der Waals surface area (Å²) in [5, 5.41) is 1.64. The van der Waals surface area contributed by atoms with E-state index < -0.39 is 15.9 Å². The van der Waals surface area contributed by atoms with E-state index in [-0.39, 0.29) is 9.77 Å². The van der Waals surface area contributed by atoms with Gasteiger partial charge in [-0.2, -0.15) is 0 Å². The molecule has 0 saturated heterocycles. The molecule has 21 heavy (non-hydrogen) atoms. The van der Waals surface area contributed by atoms with E-state index in [2.05, 4.69) is 0 Å². The van der Waals surface area contributed by atoms with Gasteiger partial charge >= 0.3 is 0 Å². The summed E-state index contributed by atoms with van der Waals surface area (Å²) in [4.78, 5) is 12.0. The second-order valence-corrected chi connectivity index (χ2v) is 7.10. The first kappa shape index (κ1) is 15.5. The molecule has 1 aromatic heterocycles. The Morgan fingerprint density at radius 1 is 1.29 bits per heavy atom. The van der Waals surface area contributed by atoms with Crippen LogP contribution < -0.4 is 9.46 Å². The van der Waals surface area contributed by atoms with Crippen LogP contribution in [0.1, 0.15) is 23.7 Å². The van der Waals surface area contributed by atoms with Crippen molar-refractivity contribution in [2.45, 2.75) is 17.6 Å². The number of carbonyl (C=O) groups excluding carboxylic acids is 1. The molecule has 1 aromatic carbocycles. The maximum absolute atomic E-state index is 12.0. The number of ether oxygens (including phenoxy) is 1. The Morgan fingerprint density at radius 3 is 2.76 bits per heavy atom. The molecule has 2 rings (SSSR count). The number of nitrogens with one attached hydrogen (secondary N) is 1. The number of sulfonamides is 1. The molecule has 0 radical (unpaired) electrons. The Balaban J connectivity index is 2.14. The number of hydrogen-bond acceptors (Lipinski definition) is 5. The average Bonchev–Trinajstić information content (AvgIpc) is 3.00. The van der Waals surface area contributed by atoms with Crippen LogP contribution in [0.5, 0.6) is 5.75 Å². The van der Waals surface area contributed by atoms with Crippen molar-refractivity contribution in [2.75, 3.05) is 6.61 Å². The van der Waals surface area contributed by atoms with Crippen LogP contribution in [0, 0.1) is 0 Å². The van der Waals surface area contributed by atoms with E-state index in [9.17, 15) is 13.2 Å². The van der Waals surface area contributed by atoms with Crippen molar-refractivity contribution in [3.05, 3.63) is 47.3 Å². The van der Waals surface area contributed by atoms with Crippen LogP contribution in [0.4, 0.5) is 0 Å². The molecule has 1 heterocycles. The zero-order valence-electron chi connectivity index (χ0n) is 11.4.